The third-order valence-electron chi connectivity index (χ3n) is 5.07. The summed E-state index contributed by atoms with van der Waals surface area (Å²) in [7, 11) is 0. The van der Waals surface area contributed by atoms with Gasteiger partial charge in [0.05, 0.1) is 5.69 Å². The number of nitrogens with one attached hydrogen (secondary N) is 1. The van der Waals surface area contributed by atoms with Crippen LogP contribution in [0.15, 0.2) is 0 Å². The number of aryl methyl sites for hydroxylation is 1. The molecule has 1 N–H and O–H groups in total. The van der Waals surface area contributed by atoms with E-state index >= 15 is 0 Å². The van der Waals surface area contributed by atoms with E-state index in [1.54, 1.807) is 0 Å². The Bertz CT molecular complexity index is 480. The van der Waals surface area contributed by atoms with Gasteiger partial charge in [-0.15, -0.1) is 11.3 Å². The van der Waals surface area contributed by atoms with Crippen molar-refractivity contribution in [1.29, 1.82) is 0 Å². The van der Waals surface area contributed by atoms with Gasteiger partial charge in [-0.05, 0) is 44.4 Å². The number of rotatable bonds is 5. The lowest BCUT2D eigenvalue weighted by Gasteiger charge is -2.41. The van der Waals surface area contributed by atoms with Crippen molar-refractivity contribution in [3.8, 4) is 0 Å². The van der Waals surface area contributed by atoms with Crippen LogP contribution in [0.1, 0.15) is 57.5 Å². The molecule has 3 nitrogen and oxygen atoms in total. The van der Waals surface area contributed by atoms with E-state index < -0.39 is 0 Å². The fraction of sp³-hybridized carbons (Fsp3) is 0.824. The van der Waals surface area contributed by atoms with Crippen LogP contribution in [-0.4, -0.2) is 23.6 Å². The van der Waals surface area contributed by atoms with E-state index in [0.717, 1.165) is 37.4 Å². The zero-order valence-corrected chi connectivity index (χ0v) is 14.7. The van der Waals surface area contributed by atoms with Crippen molar-refractivity contribution in [3.05, 3.63) is 10.6 Å². The lowest BCUT2D eigenvalue weighted by molar-refractivity contribution is 0.297. The molecular formula is C17H29N3S. The summed E-state index contributed by atoms with van der Waals surface area (Å²) in [6.45, 7) is 11.5. The Morgan fingerprint density at radius 3 is 2.71 bits per heavy atom. The van der Waals surface area contributed by atoms with Crippen LogP contribution in [0.2, 0.25) is 0 Å². The molecule has 3 rings (SSSR count). The van der Waals surface area contributed by atoms with Gasteiger partial charge in [-0.2, -0.15) is 0 Å². The highest BCUT2D eigenvalue weighted by molar-refractivity contribution is 7.15. The number of thiazole rings is 1. The quantitative estimate of drug-likeness (QED) is 0.896. The van der Waals surface area contributed by atoms with E-state index in [-0.39, 0.29) is 0 Å². The van der Waals surface area contributed by atoms with Crippen LogP contribution in [0.25, 0.3) is 0 Å². The van der Waals surface area contributed by atoms with Gasteiger partial charge in [0, 0.05) is 30.1 Å². The summed E-state index contributed by atoms with van der Waals surface area (Å²) in [5.41, 5.74) is 1.31. The second-order valence-electron chi connectivity index (χ2n) is 7.09. The lowest BCUT2D eigenvalue weighted by atomic mass is 9.86. The Labute approximate surface area is 133 Å². The van der Waals surface area contributed by atoms with Crippen molar-refractivity contribution in [2.45, 2.75) is 72.0 Å². The first-order valence-corrected chi connectivity index (χ1v) is 9.38. The molecule has 3 unspecified atom stereocenters. The highest BCUT2D eigenvalue weighted by Gasteiger charge is 2.31. The molecule has 1 aromatic heterocycles. The largest absolute Gasteiger partial charge is 0.345 e. The number of hydrogen-bond acceptors (Lipinski definition) is 4. The van der Waals surface area contributed by atoms with E-state index in [1.165, 1.54) is 35.0 Å². The molecule has 1 aromatic rings. The van der Waals surface area contributed by atoms with E-state index in [2.05, 4.69) is 37.9 Å². The van der Waals surface area contributed by atoms with Gasteiger partial charge in [0.25, 0.3) is 0 Å². The van der Waals surface area contributed by atoms with Gasteiger partial charge in [0.1, 0.15) is 0 Å². The minimum atomic E-state index is 0.612. The molecule has 2 heterocycles. The second kappa shape index (κ2) is 6.25. The maximum Gasteiger partial charge on any atom is 0.186 e. The Morgan fingerprint density at radius 1 is 1.29 bits per heavy atom. The summed E-state index contributed by atoms with van der Waals surface area (Å²) >= 11 is 1.92. The molecular weight excluding hydrogens is 278 g/mol. The zero-order chi connectivity index (χ0) is 15.0. The molecule has 1 aliphatic carbocycles. The Morgan fingerprint density at radius 2 is 2.05 bits per heavy atom. The zero-order valence-electron chi connectivity index (χ0n) is 13.9. The molecule has 0 spiro atoms. The van der Waals surface area contributed by atoms with E-state index in [4.69, 9.17) is 4.98 Å². The maximum atomic E-state index is 4.97. The van der Waals surface area contributed by atoms with Gasteiger partial charge in [0.15, 0.2) is 5.13 Å². The monoisotopic (exact) mass is 307 g/mol. The molecule has 21 heavy (non-hydrogen) atoms. The van der Waals surface area contributed by atoms with Crippen molar-refractivity contribution in [2.75, 3.05) is 11.4 Å². The summed E-state index contributed by atoms with van der Waals surface area (Å²) in [5, 5.41) is 4.90. The summed E-state index contributed by atoms with van der Waals surface area (Å²) in [4.78, 5) is 8.99. The Balaban J connectivity index is 1.76. The molecule has 1 saturated heterocycles. The lowest BCUT2D eigenvalue weighted by Crippen LogP contribution is -2.45. The second-order valence-corrected chi connectivity index (χ2v) is 8.15. The van der Waals surface area contributed by atoms with Crippen molar-refractivity contribution in [1.82, 2.24) is 10.3 Å². The standard InChI is InChI=1S/C17H29N3S/c1-5-15-16(9-18-14-6-7-14)21-17(19-15)20-10-11(2)8-12(3)13(20)4/h11-14,18H,5-10H2,1-4H3. The molecule has 118 valence electrons. The first-order chi connectivity index (χ1) is 10.1. The fourth-order valence-corrected chi connectivity index (χ4v) is 4.60. The molecule has 0 amide bonds. The number of anilines is 1. The molecule has 0 radical (unpaired) electrons. The van der Waals surface area contributed by atoms with Crippen LogP contribution in [0.5, 0.6) is 0 Å². The topological polar surface area (TPSA) is 28.2 Å². The molecule has 2 fully saturated rings. The van der Waals surface area contributed by atoms with Gasteiger partial charge in [-0.3, -0.25) is 0 Å². The number of nitrogens with zero attached hydrogens (tertiary/aromatic N) is 2. The van der Waals surface area contributed by atoms with Crippen LogP contribution >= 0.6 is 11.3 Å². The number of aromatic nitrogens is 1. The van der Waals surface area contributed by atoms with Crippen LogP contribution in [0.4, 0.5) is 5.13 Å². The van der Waals surface area contributed by atoms with E-state index in [9.17, 15) is 0 Å². The molecule has 4 heteroatoms. The van der Waals surface area contributed by atoms with Gasteiger partial charge < -0.3 is 10.2 Å². The minimum absolute atomic E-state index is 0.612. The number of piperidine rings is 1. The van der Waals surface area contributed by atoms with Crippen molar-refractivity contribution in [2.24, 2.45) is 11.8 Å². The van der Waals surface area contributed by atoms with Crippen LogP contribution in [-0.2, 0) is 13.0 Å². The summed E-state index contributed by atoms with van der Waals surface area (Å²) in [6.07, 6.45) is 5.10. The molecule has 0 bridgehead atoms. The minimum Gasteiger partial charge on any atom is -0.345 e. The molecule has 0 aromatic carbocycles. The normalized spacial score (nSPS) is 29.9. The SMILES string of the molecule is CCc1nc(N2CC(C)CC(C)C2C)sc1CNC1CC1. The third-order valence-corrected chi connectivity index (χ3v) is 6.21. The van der Waals surface area contributed by atoms with Crippen molar-refractivity contribution >= 4 is 16.5 Å². The van der Waals surface area contributed by atoms with Crippen molar-refractivity contribution in [3.63, 3.8) is 0 Å². The number of hydrogen-bond donors (Lipinski definition) is 1. The first kappa shape index (κ1) is 15.3. The van der Waals surface area contributed by atoms with Crippen LogP contribution in [0.3, 0.4) is 0 Å². The maximum absolute atomic E-state index is 4.97. The average Bonchev–Trinajstić information content (AvgIpc) is 3.19. The van der Waals surface area contributed by atoms with Crippen LogP contribution in [0, 0.1) is 11.8 Å². The fourth-order valence-electron chi connectivity index (χ4n) is 3.40. The summed E-state index contributed by atoms with van der Waals surface area (Å²) < 4.78 is 0. The van der Waals surface area contributed by atoms with Gasteiger partial charge in [-0.1, -0.05) is 20.8 Å². The molecule has 2 aliphatic rings. The first-order valence-electron chi connectivity index (χ1n) is 8.57. The Kier molecular flexibility index (Phi) is 4.55. The van der Waals surface area contributed by atoms with Crippen molar-refractivity contribution < 1.29 is 0 Å². The van der Waals surface area contributed by atoms with E-state index in [1.807, 2.05) is 11.3 Å². The van der Waals surface area contributed by atoms with Gasteiger partial charge in [0.2, 0.25) is 0 Å². The Hall–Kier alpha value is -0.610. The van der Waals surface area contributed by atoms with Gasteiger partial charge >= 0.3 is 0 Å². The van der Waals surface area contributed by atoms with E-state index in [0.29, 0.717) is 6.04 Å². The highest BCUT2D eigenvalue weighted by Crippen LogP contribution is 2.35. The molecule has 1 saturated carbocycles. The summed E-state index contributed by atoms with van der Waals surface area (Å²) in [5.74, 6) is 1.54. The smallest absolute Gasteiger partial charge is 0.186 e. The average molecular weight is 308 g/mol. The van der Waals surface area contributed by atoms with Crippen LogP contribution < -0.4 is 10.2 Å². The predicted octanol–water partition coefficient (Wildman–Crippen LogP) is 3.83. The predicted molar refractivity (Wildman–Crippen MR) is 91.1 cm³/mol. The molecule has 1 aliphatic heterocycles. The van der Waals surface area contributed by atoms with Gasteiger partial charge in [-0.25, -0.2) is 4.98 Å². The molecule has 3 atom stereocenters. The highest BCUT2D eigenvalue weighted by atomic mass is 32.1. The summed E-state index contributed by atoms with van der Waals surface area (Å²) in [6, 6.07) is 1.38. The third kappa shape index (κ3) is 3.42.